The van der Waals surface area contributed by atoms with E-state index in [0.717, 1.165) is 55.7 Å². The Morgan fingerprint density at radius 3 is 1.64 bits per heavy atom. The Balaban J connectivity index is 0.00000689. The van der Waals surface area contributed by atoms with Crippen molar-refractivity contribution in [2.45, 2.75) is 113 Å². The average Bonchev–Trinajstić information content (AvgIpc) is 3.97. The number of benzene rings is 7. The molecule has 0 radical (unpaired) electrons. The molecule has 7 aromatic carbocycles. The molecule has 0 saturated heterocycles. The Labute approximate surface area is 461 Å². The molecule has 0 amide bonds. The van der Waals surface area contributed by atoms with E-state index in [1.54, 1.807) is 0 Å². The second-order valence-corrected chi connectivity index (χ2v) is 24.8. The molecule has 1 aliphatic rings. The summed E-state index contributed by atoms with van der Waals surface area (Å²) in [5.74, 6) is 2.02. The SMILES string of the molecule is CC(C)(C)C1=C(C(C)(C)C)N(c2cc(C(C)(C)C)cc(C(C)(C)c3ccccc3)c2)[CH-]N1c1[c-]c(Oc2[c-]c3c(cc2)c2cc(-c4ccccc4)ccc2n3-c2cc(C(C)(C)C)ccn2)cc(-c2ccccc2)c1.[Pt]. The molecular weight excluding hydrogens is 1100 g/mol. The molecule has 1 aliphatic heterocycles. The molecule has 0 atom stereocenters. The van der Waals surface area contributed by atoms with Crippen LogP contribution in [0.15, 0.2) is 181 Å². The van der Waals surface area contributed by atoms with Gasteiger partial charge in [-0.15, -0.1) is 53.6 Å². The molecule has 0 spiro atoms. The van der Waals surface area contributed by atoms with Crippen LogP contribution < -0.4 is 14.5 Å². The number of ether oxygens (including phenoxy) is 1. The standard InChI is InChI=1S/C69H71N4O.Pt/c1-65(2,3)51-34-35-70-62(42-51)73-60-33-30-48(46-24-18-15-19-25-46)38-59(60)58-32-31-56(44-61(58)73)74-57-37-49(47-26-20-16-21-27-47)36-54(43-57)71-45-72(64(68(10,11)12)63(71)67(7,8)9)55-40-52(66(4,5)6)39-53(41-55)69(13,14)50-28-22-17-23-29-50;/h15-42,45H,1-14H3;/q-3;. The van der Waals surface area contributed by atoms with E-state index in [9.17, 15) is 0 Å². The fraction of sp³-hybridized carbons (Fsp3) is 0.275. The maximum absolute atomic E-state index is 7.07. The van der Waals surface area contributed by atoms with Gasteiger partial charge in [0.15, 0.2) is 0 Å². The molecule has 3 heterocycles. The molecule has 0 saturated carbocycles. The van der Waals surface area contributed by atoms with E-state index in [4.69, 9.17) is 9.72 Å². The van der Waals surface area contributed by atoms with Gasteiger partial charge in [0.25, 0.3) is 0 Å². The quantitative estimate of drug-likeness (QED) is 0.135. The van der Waals surface area contributed by atoms with Crippen molar-refractivity contribution >= 4 is 33.2 Å². The fourth-order valence-corrected chi connectivity index (χ4v) is 10.5. The molecule has 386 valence electrons. The zero-order valence-corrected chi connectivity index (χ0v) is 48.5. The van der Waals surface area contributed by atoms with Gasteiger partial charge in [0.2, 0.25) is 0 Å². The third-order valence-electron chi connectivity index (χ3n) is 14.7. The number of anilines is 2. The maximum Gasteiger partial charge on any atom is 0.135 e. The summed E-state index contributed by atoms with van der Waals surface area (Å²) in [5, 5.41) is 2.20. The third-order valence-corrected chi connectivity index (χ3v) is 14.7. The average molecular weight is 1170 g/mol. The van der Waals surface area contributed by atoms with E-state index in [1.165, 1.54) is 39.2 Å². The normalized spacial score (nSPS) is 13.7. The first-order valence-electron chi connectivity index (χ1n) is 26.2. The number of allylic oxidation sites excluding steroid dienone is 2. The van der Waals surface area contributed by atoms with Gasteiger partial charge in [-0.05, 0) is 85.5 Å². The predicted octanol–water partition coefficient (Wildman–Crippen LogP) is 18.6. The van der Waals surface area contributed by atoms with Crippen LogP contribution in [0.2, 0.25) is 0 Å². The van der Waals surface area contributed by atoms with E-state index >= 15 is 0 Å². The predicted molar refractivity (Wildman–Crippen MR) is 311 cm³/mol. The van der Waals surface area contributed by atoms with E-state index in [-0.39, 0.29) is 48.1 Å². The number of pyridine rings is 1. The first kappa shape index (κ1) is 53.2. The number of fused-ring (bicyclic) bond motifs is 3. The molecule has 6 heteroatoms. The summed E-state index contributed by atoms with van der Waals surface area (Å²) in [4.78, 5) is 9.82. The Bertz CT molecular complexity index is 3560. The minimum Gasteiger partial charge on any atom is -0.509 e. The molecule has 0 unspecified atom stereocenters. The van der Waals surface area contributed by atoms with Crippen molar-refractivity contribution in [3.63, 3.8) is 0 Å². The fourth-order valence-electron chi connectivity index (χ4n) is 10.5. The summed E-state index contributed by atoms with van der Waals surface area (Å²) in [6.45, 7) is 34.6. The molecule has 0 N–H and O–H groups in total. The van der Waals surface area contributed by atoms with E-state index in [1.807, 2.05) is 12.3 Å². The Hall–Kier alpha value is -6.68. The van der Waals surface area contributed by atoms with Crippen molar-refractivity contribution < 1.29 is 25.8 Å². The number of hydrogen-bond acceptors (Lipinski definition) is 4. The van der Waals surface area contributed by atoms with E-state index in [2.05, 4.69) is 288 Å². The van der Waals surface area contributed by atoms with Gasteiger partial charge in [0, 0.05) is 77.6 Å². The monoisotopic (exact) mass is 1170 g/mol. The Morgan fingerprint density at radius 1 is 0.440 bits per heavy atom. The Morgan fingerprint density at radius 2 is 1.03 bits per heavy atom. The summed E-state index contributed by atoms with van der Waals surface area (Å²) in [7, 11) is 0. The summed E-state index contributed by atoms with van der Waals surface area (Å²) in [6.07, 6.45) is 1.92. The molecule has 0 fully saturated rings. The van der Waals surface area contributed by atoms with Crippen LogP contribution in [0.4, 0.5) is 11.4 Å². The minimum absolute atomic E-state index is 0. The van der Waals surface area contributed by atoms with Gasteiger partial charge in [-0.3, -0.25) is 0 Å². The molecule has 10 rings (SSSR count). The summed E-state index contributed by atoms with van der Waals surface area (Å²) >= 11 is 0. The summed E-state index contributed by atoms with van der Waals surface area (Å²) < 4.78 is 9.30. The largest absolute Gasteiger partial charge is 0.509 e. The minimum atomic E-state index is -0.274. The molecule has 0 bridgehead atoms. The van der Waals surface area contributed by atoms with E-state index in [0.29, 0.717) is 11.5 Å². The molecule has 75 heavy (non-hydrogen) atoms. The summed E-state index contributed by atoms with van der Waals surface area (Å²) in [5.41, 5.74) is 15.0. The van der Waals surface area contributed by atoms with Crippen molar-refractivity contribution in [3.05, 3.63) is 222 Å². The number of hydrogen-bond donors (Lipinski definition) is 0. The first-order chi connectivity index (χ1) is 34.9. The second kappa shape index (κ2) is 19.8. The Kier molecular flexibility index (Phi) is 14.0. The molecule has 2 aromatic heterocycles. The molecule has 0 aliphatic carbocycles. The van der Waals surface area contributed by atoms with Gasteiger partial charge in [0.05, 0.1) is 0 Å². The summed E-state index contributed by atoms with van der Waals surface area (Å²) in [6, 6.07) is 66.5. The third kappa shape index (κ3) is 10.5. The van der Waals surface area contributed by atoms with Gasteiger partial charge in [-0.25, -0.2) is 4.98 Å². The van der Waals surface area contributed by atoms with Crippen LogP contribution in [0.25, 0.3) is 49.9 Å². The number of rotatable bonds is 9. The van der Waals surface area contributed by atoms with Crippen molar-refractivity contribution in [1.29, 1.82) is 0 Å². The van der Waals surface area contributed by atoms with Crippen LogP contribution in [0.1, 0.15) is 119 Å². The van der Waals surface area contributed by atoms with Gasteiger partial charge >= 0.3 is 0 Å². The number of aromatic nitrogens is 2. The first-order valence-corrected chi connectivity index (χ1v) is 26.2. The van der Waals surface area contributed by atoms with Crippen LogP contribution in [-0.4, -0.2) is 9.55 Å². The molecule has 5 nitrogen and oxygen atoms in total. The van der Waals surface area contributed by atoms with Crippen molar-refractivity contribution in [2.75, 3.05) is 9.80 Å². The zero-order chi connectivity index (χ0) is 52.5. The van der Waals surface area contributed by atoms with E-state index < -0.39 is 0 Å². The van der Waals surface area contributed by atoms with Crippen molar-refractivity contribution in [2.24, 2.45) is 10.8 Å². The molecule has 9 aromatic rings. The van der Waals surface area contributed by atoms with Crippen LogP contribution in [0.3, 0.4) is 0 Å². The van der Waals surface area contributed by atoms with Gasteiger partial charge < -0.3 is 19.1 Å². The maximum atomic E-state index is 7.07. The molecular formula is C69H71N4OPt-3. The zero-order valence-electron chi connectivity index (χ0n) is 46.3. The van der Waals surface area contributed by atoms with Gasteiger partial charge in [-0.2, -0.15) is 6.07 Å². The van der Waals surface area contributed by atoms with Crippen molar-refractivity contribution in [3.8, 4) is 39.6 Å². The van der Waals surface area contributed by atoms with Crippen molar-refractivity contribution in [1.82, 2.24) is 9.55 Å². The van der Waals surface area contributed by atoms with Crippen LogP contribution >= 0.6 is 0 Å². The number of nitrogens with zero attached hydrogens (tertiary/aromatic N) is 4. The van der Waals surface area contributed by atoms with Crippen LogP contribution in [0, 0.1) is 29.6 Å². The second-order valence-electron chi connectivity index (χ2n) is 24.8. The van der Waals surface area contributed by atoms with Gasteiger partial charge in [0.1, 0.15) is 5.82 Å². The topological polar surface area (TPSA) is 33.5 Å². The smallest absolute Gasteiger partial charge is 0.135 e. The van der Waals surface area contributed by atoms with Crippen LogP contribution in [-0.2, 0) is 37.3 Å². The van der Waals surface area contributed by atoms with Crippen LogP contribution in [0.5, 0.6) is 11.5 Å². The van der Waals surface area contributed by atoms with Gasteiger partial charge in [-0.1, -0.05) is 212 Å².